The van der Waals surface area contributed by atoms with Crippen LogP contribution in [-0.4, -0.2) is 59.8 Å². The largest absolute Gasteiger partial charge is 0.354 e. The van der Waals surface area contributed by atoms with E-state index in [2.05, 4.69) is 5.32 Å². The van der Waals surface area contributed by atoms with E-state index in [-0.39, 0.29) is 38.3 Å². The molecule has 0 radical (unpaired) electrons. The van der Waals surface area contributed by atoms with Crippen molar-refractivity contribution in [3.05, 3.63) is 0 Å². The number of hydrogen-bond acceptors (Lipinski definition) is 6. The normalized spacial score (nSPS) is 14.6. The zero-order valence-corrected chi connectivity index (χ0v) is 13.1. The number of hydroxylamine groups is 2. The Labute approximate surface area is 129 Å². The van der Waals surface area contributed by atoms with Crippen molar-refractivity contribution in [3.8, 4) is 0 Å². The molecule has 0 aromatic rings. The summed E-state index contributed by atoms with van der Waals surface area (Å²) in [5, 5.41) is 3.12. The van der Waals surface area contributed by atoms with Crippen LogP contribution in [0.25, 0.3) is 0 Å². The monoisotopic (exact) mass is 313 g/mol. The van der Waals surface area contributed by atoms with E-state index in [1.165, 1.54) is 0 Å². The summed E-state index contributed by atoms with van der Waals surface area (Å²) >= 11 is 0. The zero-order chi connectivity index (χ0) is 16.5. The molecule has 8 nitrogen and oxygen atoms in total. The first-order chi connectivity index (χ1) is 10.5. The maximum atomic E-state index is 11.7. The Morgan fingerprint density at radius 3 is 2.41 bits per heavy atom. The van der Waals surface area contributed by atoms with Crippen LogP contribution in [0.3, 0.4) is 0 Å². The fourth-order valence-electron chi connectivity index (χ4n) is 2.03. The van der Waals surface area contributed by atoms with Gasteiger partial charge in [-0.05, 0) is 19.5 Å². The van der Waals surface area contributed by atoms with E-state index >= 15 is 0 Å². The third-order valence-corrected chi connectivity index (χ3v) is 3.20. The summed E-state index contributed by atoms with van der Waals surface area (Å²) in [5.41, 5.74) is 0. The van der Waals surface area contributed by atoms with Gasteiger partial charge < -0.3 is 10.2 Å². The van der Waals surface area contributed by atoms with Crippen molar-refractivity contribution >= 4 is 23.7 Å². The number of amides is 3. The molecule has 0 spiro atoms. The smallest absolute Gasteiger partial charge is 0.334 e. The van der Waals surface area contributed by atoms with Gasteiger partial charge in [-0.2, -0.15) is 0 Å². The van der Waals surface area contributed by atoms with E-state index in [4.69, 9.17) is 4.84 Å². The van der Waals surface area contributed by atoms with Crippen molar-refractivity contribution < 1.29 is 24.0 Å². The summed E-state index contributed by atoms with van der Waals surface area (Å²) < 4.78 is 0. The van der Waals surface area contributed by atoms with Crippen molar-refractivity contribution in [2.45, 2.75) is 39.5 Å². The maximum absolute atomic E-state index is 11.7. The molecule has 1 heterocycles. The van der Waals surface area contributed by atoms with Crippen molar-refractivity contribution in [2.24, 2.45) is 0 Å². The van der Waals surface area contributed by atoms with Crippen LogP contribution in [0.4, 0.5) is 0 Å². The molecule has 1 rings (SSSR count). The molecule has 1 saturated heterocycles. The Balaban J connectivity index is 2.23. The van der Waals surface area contributed by atoms with Crippen LogP contribution < -0.4 is 5.32 Å². The summed E-state index contributed by atoms with van der Waals surface area (Å²) in [6.45, 7) is 6.02. The van der Waals surface area contributed by atoms with Gasteiger partial charge in [0.2, 0.25) is 5.91 Å². The molecule has 1 aliphatic heterocycles. The highest BCUT2D eigenvalue weighted by Crippen LogP contribution is 2.12. The van der Waals surface area contributed by atoms with Gasteiger partial charge in [0, 0.05) is 19.4 Å². The van der Waals surface area contributed by atoms with Gasteiger partial charge >= 0.3 is 5.97 Å². The Kier molecular flexibility index (Phi) is 7.51. The minimum absolute atomic E-state index is 0.0626. The highest BCUT2D eigenvalue weighted by atomic mass is 16.7. The zero-order valence-electron chi connectivity index (χ0n) is 13.1. The predicted octanol–water partition coefficient (Wildman–Crippen LogP) is -0.168. The third-order valence-electron chi connectivity index (χ3n) is 3.20. The predicted molar refractivity (Wildman–Crippen MR) is 77.2 cm³/mol. The minimum atomic E-state index is -0.718. The first kappa shape index (κ1) is 18.1. The molecule has 3 amide bonds. The number of nitrogens with one attached hydrogen (secondary N) is 1. The lowest BCUT2D eigenvalue weighted by Gasteiger charge is -2.18. The quantitative estimate of drug-likeness (QED) is 0.594. The van der Waals surface area contributed by atoms with Gasteiger partial charge in [0.05, 0.1) is 13.0 Å². The molecular weight excluding hydrogens is 290 g/mol. The van der Waals surface area contributed by atoms with Crippen LogP contribution in [0.15, 0.2) is 0 Å². The van der Waals surface area contributed by atoms with Gasteiger partial charge in [-0.25, -0.2) is 4.79 Å². The lowest BCUT2D eigenvalue weighted by Crippen LogP contribution is -2.39. The second-order valence-corrected chi connectivity index (χ2v) is 5.01. The SMILES string of the molecule is CCCN(CC)CC(=O)NCCC(=O)ON1C(=O)CCC1=O. The fraction of sp³-hybridized carbons (Fsp3) is 0.714. The molecule has 0 aromatic heterocycles. The van der Waals surface area contributed by atoms with Gasteiger partial charge in [-0.15, -0.1) is 5.06 Å². The Bertz CT molecular complexity index is 422. The van der Waals surface area contributed by atoms with Crippen LogP contribution >= 0.6 is 0 Å². The van der Waals surface area contributed by atoms with Crippen molar-refractivity contribution in [1.29, 1.82) is 0 Å². The number of hydrogen-bond donors (Lipinski definition) is 1. The van der Waals surface area contributed by atoms with Crippen molar-refractivity contribution in [3.63, 3.8) is 0 Å². The lowest BCUT2D eigenvalue weighted by molar-refractivity contribution is -0.197. The molecule has 22 heavy (non-hydrogen) atoms. The summed E-state index contributed by atoms with van der Waals surface area (Å²) in [7, 11) is 0. The molecule has 0 aliphatic carbocycles. The van der Waals surface area contributed by atoms with E-state index in [1.54, 1.807) is 0 Å². The molecule has 1 N–H and O–H groups in total. The summed E-state index contributed by atoms with van der Waals surface area (Å²) in [4.78, 5) is 52.4. The van der Waals surface area contributed by atoms with Gasteiger partial charge in [0.1, 0.15) is 0 Å². The molecule has 0 unspecified atom stereocenters. The molecule has 0 atom stereocenters. The van der Waals surface area contributed by atoms with E-state index in [1.807, 2.05) is 18.7 Å². The highest BCUT2D eigenvalue weighted by Gasteiger charge is 2.32. The Hall–Kier alpha value is -1.96. The topological polar surface area (TPSA) is 96.0 Å². The summed E-state index contributed by atoms with van der Waals surface area (Å²) in [6, 6.07) is 0. The van der Waals surface area contributed by atoms with Crippen LogP contribution in [0, 0.1) is 0 Å². The first-order valence-electron chi connectivity index (χ1n) is 7.53. The highest BCUT2D eigenvalue weighted by molar-refractivity contribution is 6.01. The van der Waals surface area contributed by atoms with Crippen molar-refractivity contribution in [2.75, 3.05) is 26.2 Å². The van der Waals surface area contributed by atoms with E-state index < -0.39 is 17.8 Å². The van der Waals surface area contributed by atoms with Gasteiger partial charge in [0.15, 0.2) is 0 Å². The van der Waals surface area contributed by atoms with Gasteiger partial charge in [-0.3, -0.25) is 19.3 Å². The molecule has 0 aromatic carbocycles. The number of likely N-dealkylation sites (N-methyl/N-ethyl adjacent to an activating group) is 1. The Morgan fingerprint density at radius 2 is 1.86 bits per heavy atom. The van der Waals surface area contributed by atoms with Crippen LogP contribution in [0.5, 0.6) is 0 Å². The standard InChI is InChI=1S/C14H23N3O5/c1-3-9-16(4-2)10-11(18)15-8-7-14(21)22-17-12(19)5-6-13(17)20/h3-10H2,1-2H3,(H,15,18). The number of carbonyl (C=O) groups excluding carboxylic acids is 4. The minimum Gasteiger partial charge on any atom is -0.354 e. The number of nitrogens with zero attached hydrogens (tertiary/aromatic N) is 2. The molecule has 124 valence electrons. The van der Waals surface area contributed by atoms with Crippen molar-refractivity contribution in [1.82, 2.24) is 15.3 Å². The fourth-order valence-corrected chi connectivity index (χ4v) is 2.03. The molecule has 0 bridgehead atoms. The number of rotatable bonds is 9. The second kappa shape index (κ2) is 9.14. The van der Waals surface area contributed by atoms with E-state index in [0.717, 1.165) is 19.5 Å². The van der Waals surface area contributed by atoms with Gasteiger partial charge in [-0.1, -0.05) is 13.8 Å². The van der Waals surface area contributed by atoms with Crippen LogP contribution in [0.2, 0.25) is 0 Å². The molecular formula is C14H23N3O5. The number of imide groups is 1. The van der Waals surface area contributed by atoms with E-state index in [9.17, 15) is 19.2 Å². The van der Waals surface area contributed by atoms with Crippen LogP contribution in [-0.2, 0) is 24.0 Å². The number of carbonyl (C=O) groups is 4. The average Bonchev–Trinajstić information content (AvgIpc) is 2.78. The summed E-state index contributed by atoms with van der Waals surface area (Å²) in [6.07, 6.45) is 0.994. The summed E-state index contributed by atoms with van der Waals surface area (Å²) in [5.74, 6) is -1.91. The second-order valence-electron chi connectivity index (χ2n) is 5.01. The molecule has 8 heteroatoms. The molecule has 1 fully saturated rings. The first-order valence-corrected chi connectivity index (χ1v) is 7.53. The average molecular weight is 313 g/mol. The molecule has 1 aliphatic rings. The lowest BCUT2D eigenvalue weighted by atomic mass is 10.3. The van der Waals surface area contributed by atoms with E-state index in [0.29, 0.717) is 5.06 Å². The van der Waals surface area contributed by atoms with Gasteiger partial charge in [0.25, 0.3) is 11.8 Å². The Morgan fingerprint density at radius 1 is 1.23 bits per heavy atom. The maximum Gasteiger partial charge on any atom is 0.334 e. The van der Waals surface area contributed by atoms with Crippen LogP contribution in [0.1, 0.15) is 39.5 Å². The third kappa shape index (κ3) is 5.80. The molecule has 0 saturated carbocycles.